The highest BCUT2D eigenvalue weighted by atomic mass is 32.1. The Bertz CT molecular complexity index is 720. The zero-order chi connectivity index (χ0) is 13.9. The maximum Gasteiger partial charge on any atom is 0.110 e. The topological polar surface area (TPSA) is 37.8 Å². The lowest BCUT2D eigenvalue weighted by Gasteiger charge is -2.11. The van der Waals surface area contributed by atoms with Crippen molar-refractivity contribution in [3.8, 4) is 0 Å². The van der Waals surface area contributed by atoms with E-state index in [1.165, 1.54) is 10.9 Å². The number of fused-ring (bicyclic) bond motifs is 1. The van der Waals surface area contributed by atoms with Gasteiger partial charge in [0.25, 0.3) is 0 Å². The number of nitrogens with zero attached hydrogens (tertiary/aromatic N) is 2. The molecule has 0 aliphatic rings. The molecule has 1 N–H and O–H groups in total. The Kier molecular flexibility index (Phi) is 3.76. The van der Waals surface area contributed by atoms with Crippen LogP contribution in [0.15, 0.2) is 41.9 Å². The molecule has 0 radical (unpaired) electrons. The van der Waals surface area contributed by atoms with Crippen LogP contribution in [0, 0.1) is 6.92 Å². The Hall–Kier alpha value is -1.78. The van der Waals surface area contributed by atoms with Crippen molar-refractivity contribution in [2.24, 2.45) is 0 Å². The van der Waals surface area contributed by atoms with Gasteiger partial charge in [-0.2, -0.15) is 0 Å². The molecule has 4 heteroatoms. The third-order valence-electron chi connectivity index (χ3n) is 3.29. The molecule has 0 saturated carbocycles. The van der Waals surface area contributed by atoms with E-state index >= 15 is 0 Å². The van der Waals surface area contributed by atoms with Gasteiger partial charge in [-0.15, -0.1) is 11.3 Å². The summed E-state index contributed by atoms with van der Waals surface area (Å²) in [5.74, 6) is 0. The average molecular weight is 283 g/mol. The number of hydrogen-bond acceptors (Lipinski definition) is 4. The van der Waals surface area contributed by atoms with Gasteiger partial charge in [0, 0.05) is 29.2 Å². The van der Waals surface area contributed by atoms with Crippen molar-refractivity contribution in [2.75, 3.05) is 0 Å². The smallest absolute Gasteiger partial charge is 0.110 e. The molecule has 102 valence electrons. The first kappa shape index (κ1) is 13.2. The Morgan fingerprint density at radius 1 is 1.30 bits per heavy atom. The van der Waals surface area contributed by atoms with Gasteiger partial charge in [-0.3, -0.25) is 4.98 Å². The first-order valence-corrected chi connectivity index (χ1v) is 7.59. The van der Waals surface area contributed by atoms with Crippen LogP contribution in [0.2, 0.25) is 0 Å². The van der Waals surface area contributed by atoms with Crippen LogP contribution in [-0.4, -0.2) is 9.97 Å². The lowest BCUT2D eigenvalue weighted by Crippen LogP contribution is -2.17. The van der Waals surface area contributed by atoms with Crippen LogP contribution in [0.25, 0.3) is 10.9 Å². The summed E-state index contributed by atoms with van der Waals surface area (Å²) in [5.41, 5.74) is 3.40. The van der Waals surface area contributed by atoms with Crippen molar-refractivity contribution in [3.63, 3.8) is 0 Å². The van der Waals surface area contributed by atoms with Crippen molar-refractivity contribution in [3.05, 3.63) is 58.2 Å². The highest BCUT2D eigenvalue weighted by Gasteiger charge is 2.08. The Balaban J connectivity index is 1.70. The third-order valence-corrected chi connectivity index (χ3v) is 4.43. The molecular weight excluding hydrogens is 266 g/mol. The normalized spacial score (nSPS) is 12.7. The highest BCUT2D eigenvalue weighted by molar-refractivity contribution is 7.09. The van der Waals surface area contributed by atoms with Crippen LogP contribution in [0.4, 0.5) is 0 Å². The summed E-state index contributed by atoms with van der Waals surface area (Å²) in [6.07, 6.45) is 1.83. The second-order valence-electron chi connectivity index (χ2n) is 4.96. The zero-order valence-electron chi connectivity index (χ0n) is 11.6. The Morgan fingerprint density at radius 2 is 2.20 bits per heavy atom. The van der Waals surface area contributed by atoms with Crippen molar-refractivity contribution < 1.29 is 0 Å². The van der Waals surface area contributed by atoms with E-state index in [9.17, 15) is 0 Å². The van der Waals surface area contributed by atoms with E-state index in [0.29, 0.717) is 0 Å². The van der Waals surface area contributed by atoms with E-state index in [2.05, 4.69) is 51.9 Å². The fourth-order valence-electron chi connectivity index (χ4n) is 2.16. The molecule has 2 heterocycles. The minimum absolute atomic E-state index is 0.276. The number of hydrogen-bond donors (Lipinski definition) is 1. The van der Waals surface area contributed by atoms with Gasteiger partial charge in [0.1, 0.15) is 5.01 Å². The average Bonchev–Trinajstić information content (AvgIpc) is 2.91. The summed E-state index contributed by atoms with van der Waals surface area (Å²) >= 11 is 1.71. The molecule has 1 atom stereocenters. The second-order valence-corrected chi connectivity index (χ2v) is 5.85. The standard InChI is InChI=1S/C16H17N3S/c1-11-10-20-16(19-11)12(2)18-9-13-5-6-15-14(8-13)4-3-7-17-15/h3-8,10,12,18H,9H2,1-2H3. The van der Waals surface area contributed by atoms with Gasteiger partial charge in [-0.1, -0.05) is 12.1 Å². The van der Waals surface area contributed by atoms with Gasteiger partial charge in [0.05, 0.1) is 11.6 Å². The van der Waals surface area contributed by atoms with E-state index in [0.717, 1.165) is 22.8 Å². The molecule has 20 heavy (non-hydrogen) atoms. The van der Waals surface area contributed by atoms with Gasteiger partial charge < -0.3 is 5.32 Å². The molecule has 3 nitrogen and oxygen atoms in total. The van der Waals surface area contributed by atoms with E-state index in [1.54, 1.807) is 11.3 Å². The number of aromatic nitrogens is 2. The van der Waals surface area contributed by atoms with Crippen molar-refractivity contribution >= 4 is 22.2 Å². The number of benzene rings is 1. The summed E-state index contributed by atoms with van der Waals surface area (Å²) in [6, 6.07) is 10.7. The van der Waals surface area contributed by atoms with Crippen molar-refractivity contribution in [2.45, 2.75) is 26.4 Å². The maximum absolute atomic E-state index is 4.52. The minimum atomic E-state index is 0.276. The number of thiazole rings is 1. The quantitative estimate of drug-likeness (QED) is 0.790. The van der Waals surface area contributed by atoms with E-state index in [1.807, 2.05) is 19.2 Å². The van der Waals surface area contributed by atoms with Gasteiger partial charge in [-0.05, 0) is 37.6 Å². The SMILES string of the molecule is Cc1csc(C(C)NCc2ccc3ncccc3c2)n1. The minimum Gasteiger partial charge on any atom is -0.304 e. The molecule has 0 fully saturated rings. The molecule has 3 aromatic rings. The molecule has 3 rings (SSSR count). The fraction of sp³-hybridized carbons (Fsp3) is 0.250. The van der Waals surface area contributed by atoms with Crippen LogP contribution in [0.3, 0.4) is 0 Å². The first-order valence-electron chi connectivity index (χ1n) is 6.71. The predicted octanol–water partition coefficient (Wildman–Crippen LogP) is 3.85. The zero-order valence-corrected chi connectivity index (χ0v) is 12.4. The molecule has 0 spiro atoms. The lowest BCUT2D eigenvalue weighted by atomic mass is 10.1. The molecule has 2 aromatic heterocycles. The van der Waals surface area contributed by atoms with Gasteiger partial charge >= 0.3 is 0 Å². The van der Waals surface area contributed by atoms with E-state index < -0.39 is 0 Å². The van der Waals surface area contributed by atoms with Crippen LogP contribution >= 0.6 is 11.3 Å². The van der Waals surface area contributed by atoms with Gasteiger partial charge in [0.2, 0.25) is 0 Å². The Labute approximate surface area is 122 Å². The highest BCUT2D eigenvalue weighted by Crippen LogP contribution is 2.19. The number of aryl methyl sites for hydroxylation is 1. The number of pyridine rings is 1. The lowest BCUT2D eigenvalue weighted by molar-refractivity contribution is 0.571. The molecule has 1 unspecified atom stereocenters. The monoisotopic (exact) mass is 283 g/mol. The molecule has 1 aromatic carbocycles. The molecule has 0 aliphatic carbocycles. The van der Waals surface area contributed by atoms with Crippen molar-refractivity contribution in [1.82, 2.24) is 15.3 Å². The van der Waals surface area contributed by atoms with Gasteiger partial charge in [-0.25, -0.2) is 4.98 Å². The Morgan fingerprint density at radius 3 is 3.00 bits per heavy atom. The summed E-state index contributed by atoms with van der Waals surface area (Å²) in [7, 11) is 0. The van der Waals surface area contributed by atoms with Crippen LogP contribution in [-0.2, 0) is 6.54 Å². The van der Waals surface area contributed by atoms with Crippen molar-refractivity contribution in [1.29, 1.82) is 0 Å². The first-order chi connectivity index (χ1) is 9.72. The van der Waals surface area contributed by atoms with Gasteiger partial charge in [0.15, 0.2) is 0 Å². The summed E-state index contributed by atoms with van der Waals surface area (Å²) in [5, 5.41) is 7.94. The molecule has 0 bridgehead atoms. The number of nitrogens with one attached hydrogen (secondary N) is 1. The van der Waals surface area contributed by atoms with E-state index in [-0.39, 0.29) is 6.04 Å². The molecule has 0 amide bonds. The molecule has 0 aliphatic heterocycles. The summed E-state index contributed by atoms with van der Waals surface area (Å²) in [6.45, 7) is 5.02. The number of rotatable bonds is 4. The van der Waals surface area contributed by atoms with Crippen LogP contribution in [0.1, 0.15) is 29.2 Å². The second kappa shape index (κ2) is 5.69. The summed E-state index contributed by atoms with van der Waals surface area (Å²) in [4.78, 5) is 8.86. The predicted molar refractivity (Wildman–Crippen MR) is 83.8 cm³/mol. The van der Waals surface area contributed by atoms with E-state index in [4.69, 9.17) is 0 Å². The fourth-order valence-corrected chi connectivity index (χ4v) is 2.99. The molecule has 0 saturated heterocycles. The largest absolute Gasteiger partial charge is 0.304 e. The molecular formula is C16H17N3S. The summed E-state index contributed by atoms with van der Waals surface area (Å²) < 4.78 is 0. The maximum atomic E-state index is 4.52. The third kappa shape index (κ3) is 2.86. The van der Waals surface area contributed by atoms with Crippen LogP contribution in [0.5, 0.6) is 0 Å². The van der Waals surface area contributed by atoms with Crippen LogP contribution < -0.4 is 5.32 Å².